The predicted molar refractivity (Wildman–Crippen MR) is 97.7 cm³/mol. The van der Waals surface area contributed by atoms with E-state index in [4.69, 9.17) is 16.3 Å². The number of anilines is 1. The predicted octanol–water partition coefficient (Wildman–Crippen LogP) is 5.82. The van der Waals surface area contributed by atoms with Crippen molar-refractivity contribution in [3.8, 4) is 11.5 Å². The van der Waals surface area contributed by atoms with Gasteiger partial charge >= 0.3 is 0 Å². The fraction of sp³-hybridized carbons (Fsp3) is 0.250. The number of hydrogen-bond acceptors (Lipinski definition) is 3. The van der Waals surface area contributed by atoms with Crippen molar-refractivity contribution in [3.05, 3.63) is 65.3 Å². The van der Waals surface area contributed by atoms with Crippen molar-refractivity contribution in [1.29, 1.82) is 0 Å². The van der Waals surface area contributed by atoms with Crippen LogP contribution in [0.1, 0.15) is 26.7 Å². The third kappa shape index (κ3) is 4.18. The van der Waals surface area contributed by atoms with E-state index in [0.29, 0.717) is 22.9 Å². The summed E-state index contributed by atoms with van der Waals surface area (Å²) in [5, 5.41) is 3.90. The molecule has 0 aliphatic heterocycles. The first-order valence-electron chi connectivity index (χ1n) is 7.94. The van der Waals surface area contributed by atoms with Crippen LogP contribution in [0.15, 0.2) is 60.3 Å². The Labute approximate surface area is 147 Å². The van der Waals surface area contributed by atoms with Crippen LogP contribution >= 0.6 is 11.6 Å². The van der Waals surface area contributed by atoms with Crippen LogP contribution in [0.3, 0.4) is 0 Å². The molecule has 0 bridgehead atoms. The van der Waals surface area contributed by atoms with E-state index in [0.717, 1.165) is 17.8 Å². The lowest BCUT2D eigenvalue weighted by atomic mass is 9.79. The van der Waals surface area contributed by atoms with Crippen LogP contribution in [-0.4, -0.2) is 5.78 Å². The quantitative estimate of drug-likeness (QED) is 0.761. The summed E-state index contributed by atoms with van der Waals surface area (Å²) in [6, 6.07) is 15.0. The first-order valence-corrected chi connectivity index (χ1v) is 8.32. The molecule has 2 aromatic carbocycles. The Morgan fingerprint density at radius 3 is 2.42 bits per heavy atom. The molecule has 0 spiro atoms. The van der Waals surface area contributed by atoms with Gasteiger partial charge in [0.15, 0.2) is 5.78 Å². The number of ether oxygens (including phenoxy) is 1. The number of benzene rings is 2. The van der Waals surface area contributed by atoms with Crippen LogP contribution in [0.4, 0.5) is 5.69 Å². The molecule has 1 N–H and O–H groups in total. The summed E-state index contributed by atoms with van der Waals surface area (Å²) in [5.41, 5.74) is 1.88. The Kier molecular flexibility index (Phi) is 4.63. The van der Waals surface area contributed by atoms with Gasteiger partial charge < -0.3 is 10.1 Å². The number of halogens is 1. The van der Waals surface area contributed by atoms with Crippen LogP contribution in [0.5, 0.6) is 11.5 Å². The van der Waals surface area contributed by atoms with Gasteiger partial charge in [-0.1, -0.05) is 37.6 Å². The monoisotopic (exact) mass is 341 g/mol. The largest absolute Gasteiger partial charge is 0.456 e. The van der Waals surface area contributed by atoms with Gasteiger partial charge in [-0.25, -0.2) is 0 Å². The Bertz CT molecular complexity index is 778. The van der Waals surface area contributed by atoms with Gasteiger partial charge in [-0.05, 0) is 48.2 Å². The van der Waals surface area contributed by atoms with Crippen molar-refractivity contribution in [2.75, 3.05) is 5.32 Å². The van der Waals surface area contributed by atoms with Gasteiger partial charge in [0.1, 0.15) is 11.5 Å². The number of para-hydroxylation sites is 1. The molecule has 3 rings (SSSR count). The lowest BCUT2D eigenvalue weighted by Crippen LogP contribution is -2.24. The normalized spacial score (nSPS) is 16.5. The van der Waals surface area contributed by atoms with Gasteiger partial charge in [-0.2, -0.15) is 0 Å². The van der Waals surface area contributed by atoms with E-state index in [1.54, 1.807) is 12.1 Å². The second-order valence-corrected chi connectivity index (χ2v) is 7.24. The zero-order valence-corrected chi connectivity index (χ0v) is 14.6. The summed E-state index contributed by atoms with van der Waals surface area (Å²) >= 11 is 6.10. The molecule has 2 aromatic rings. The van der Waals surface area contributed by atoms with Crippen LogP contribution < -0.4 is 10.1 Å². The standard InChI is InChI=1S/C20H20ClNO2/c1-20(2)12-15(11-16(23)13-20)22-14-7-9-17(10-8-14)24-19-6-4-3-5-18(19)21/h3-11,22H,12-13H2,1-2H3. The molecule has 124 valence electrons. The Hall–Kier alpha value is -2.26. The molecule has 0 aromatic heterocycles. The average Bonchev–Trinajstić information content (AvgIpc) is 2.49. The van der Waals surface area contributed by atoms with Crippen molar-refractivity contribution in [3.63, 3.8) is 0 Å². The van der Waals surface area contributed by atoms with E-state index < -0.39 is 0 Å². The van der Waals surface area contributed by atoms with Crippen molar-refractivity contribution < 1.29 is 9.53 Å². The number of rotatable bonds is 4. The third-order valence-electron chi connectivity index (χ3n) is 3.88. The number of allylic oxidation sites excluding steroid dienone is 2. The lowest BCUT2D eigenvalue weighted by molar-refractivity contribution is -0.117. The maximum atomic E-state index is 11.8. The van der Waals surface area contributed by atoms with Gasteiger partial charge in [-0.3, -0.25) is 4.79 Å². The molecular formula is C20H20ClNO2. The van der Waals surface area contributed by atoms with Gasteiger partial charge in [0.2, 0.25) is 0 Å². The van der Waals surface area contributed by atoms with Gasteiger partial charge in [0.05, 0.1) is 5.02 Å². The Morgan fingerprint density at radius 1 is 1.04 bits per heavy atom. The zero-order chi connectivity index (χ0) is 17.2. The highest BCUT2D eigenvalue weighted by molar-refractivity contribution is 6.32. The topological polar surface area (TPSA) is 38.3 Å². The Morgan fingerprint density at radius 2 is 1.75 bits per heavy atom. The molecule has 0 unspecified atom stereocenters. The average molecular weight is 342 g/mol. The number of ketones is 1. The molecule has 0 saturated carbocycles. The van der Waals surface area contributed by atoms with Crippen LogP contribution in [-0.2, 0) is 4.79 Å². The molecular weight excluding hydrogens is 322 g/mol. The maximum absolute atomic E-state index is 11.8. The summed E-state index contributed by atoms with van der Waals surface area (Å²) in [7, 11) is 0. The molecule has 0 saturated heterocycles. The van der Waals surface area contributed by atoms with Crippen molar-refractivity contribution in [2.24, 2.45) is 5.41 Å². The highest BCUT2D eigenvalue weighted by Gasteiger charge is 2.27. The third-order valence-corrected chi connectivity index (χ3v) is 4.19. The van der Waals surface area contributed by atoms with Crippen molar-refractivity contribution in [1.82, 2.24) is 0 Å². The van der Waals surface area contributed by atoms with Crippen LogP contribution in [0, 0.1) is 5.41 Å². The van der Waals surface area contributed by atoms with Crippen molar-refractivity contribution >= 4 is 23.1 Å². The van der Waals surface area contributed by atoms with Crippen LogP contribution in [0.25, 0.3) is 0 Å². The first kappa shape index (κ1) is 16.6. The van der Waals surface area contributed by atoms with Gasteiger partial charge in [0, 0.05) is 23.9 Å². The summed E-state index contributed by atoms with van der Waals surface area (Å²) in [5.74, 6) is 1.51. The highest BCUT2D eigenvalue weighted by Crippen LogP contribution is 2.34. The zero-order valence-electron chi connectivity index (χ0n) is 13.8. The smallest absolute Gasteiger partial charge is 0.157 e. The fourth-order valence-corrected chi connectivity index (χ4v) is 3.05. The number of carbonyl (C=O) groups is 1. The van der Waals surface area contributed by atoms with Gasteiger partial charge in [-0.15, -0.1) is 0 Å². The minimum atomic E-state index is 0.00127. The molecule has 3 nitrogen and oxygen atoms in total. The lowest BCUT2D eigenvalue weighted by Gasteiger charge is -2.29. The molecule has 0 heterocycles. The van der Waals surface area contributed by atoms with E-state index in [1.165, 1.54) is 0 Å². The summed E-state index contributed by atoms with van der Waals surface area (Å²) < 4.78 is 5.78. The molecule has 4 heteroatoms. The summed E-state index contributed by atoms with van der Waals surface area (Å²) in [6.45, 7) is 4.22. The van der Waals surface area contributed by atoms with Crippen LogP contribution in [0.2, 0.25) is 5.02 Å². The molecule has 0 fully saturated rings. The molecule has 0 radical (unpaired) electrons. The second-order valence-electron chi connectivity index (χ2n) is 6.84. The van der Waals surface area contributed by atoms with Gasteiger partial charge in [0.25, 0.3) is 0 Å². The SMILES string of the molecule is CC1(C)CC(=O)C=C(Nc2ccc(Oc3ccccc3Cl)cc2)C1. The fourth-order valence-electron chi connectivity index (χ4n) is 2.87. The number of hydrogen-bond donors (Lipinski definition) is 1. The summed E-state index contributed by atoms with van der Waals surface area (Å²) in [6.07, 6.45) is 3.17. The number of carbonyl (C=O) groups excluding carboxylic acids is 1. The van der Waals surface area contributed by atoms with Crippen molar-refractivity contribution in [2.45, 2.75) is 26.7 Å². The second kappa shape index (κ2) is 6.70. The highest BCUT2D eigenvalue weighted by atomic mass is 35.5. The van der Waals surface area contributed by atoms with E-state index in [1.807, 2.05) is 42.5 Å². The minimum Gasteiger partial charge on any atom is -0.456 e. The van der Waals surface area contributed by atoms with E-state index in [2.05, 4.69) is 19.2 Å². The summed E-state index contributed by atoms with van der Waals surface area (Å²) in [4.78, 5) is 11.8. The minimum absolute atomic E-state index is 0.00127. The Balaban J connectivity index is 1.69. The molecule has 0 amide bonds. The number of nitrogens with one attached hydrogen (secondary N) is 1. The molecule has 24 heavy (non-hydrogen) atoms. The van der Waals surface area contributed by atoms with E-state index in [9.17, 15) is 4.79 Å². The molecule has 1 aliphatic rings. The molecule has 0 atom stereocenters. The molecule has 1 aliphatic carbocycles. The first-order chi connectivity index (χ1) is 11.4. The van der Waals surface area contributed by atoms with E-state index in [-0.39, 0.29) is 11.2 Å². The van der Waals surface area contributed by atoms with E-state index >= 15 is 0 Å². The maximum Gasteiger partial charge on any atom is 0.157 e.